The van der Waals surface area contributed by atoms with E-state index in [9.17, 15) is 14.4 Å². The molecule has 0 aromatic heterocycles. The number of ether oxygens (including phenoxy) is 3. The fourth-order valence-corrected chi connectivity index (χ4v) is 2.74. The van der Waals surface area contributed by atoms with Crippen LogP contribution in [-0.4, -0.2) is 25.0 Å². The average Bonchev–Trinajstić information content (AvgIpc) is 2.81. The summed E-state index contributed by atoms with van der Waals surface area (Å²) in [6, 6.07) is 22.4. The quantitative estimate of drug-likeness (QED) is 0.434. The summed E-state index contributed by atoms with van der Waals surface area (Å²) in [4.78, 5) is 37.1. The van der Waals surface area contributed by atoms with Crippen molar-refractivity contribution in [2.24, 2.45) is 0 Å². The minimum atomic E-state index is -0.739. The van der Waals surface area contributed by atoms with E-state index >= 15 is 0 Å². The van der Waals surface area contributed by atoms with Crippen LogP contribution in [0, 0.1) is 0 Å². The molecule has 0 fully saturated rings. The van der Waals surface area contributed by atoms with Crippen LogP contribution in [-0.2, 0) is 27.4 Å². The first-order valence-electron chi connectivity index (χ1n) is 9.23. The number of hydrogen-bond acceptors (Lipinski definition) is 6. The van der Waals surface area contributed by atoms with Gasteiger partial charge in [0.2, 0.25) is 0 Å². The maximum atomic E-state index is 12.6. The average molecular weight is 404 g/mol. The van der Waals surface area contributed by atoms with Crippen LogP contribution in [0.3, 0.4) is 0 Å². The zero-order chi connectivity index (χ0) is 21.3. The predicted molar refractivity (Wildman–Crippen MR) is 109 cm³/mol. The van der Waals surface area contributed by atoms with Gasteiger partial charge in [-0.1, -0.05) is 60.7 Å². The molecule has 3 rings (SSSR count). The maximum Gasteiger partial charge on any atom is 0.339 e. The zero-order valence-corrected chi connectivity index (χ0v) is 16.4. The van der Waals surface area contributed by atoms with Crippen LogP contribution in [0.5, 0.6) is 0 Å². The lowest BCUT2D eigenvalue weighted by molar-refractivity contribution is 0.0455. The Bertz CT molecular complexity index is 1030. The van der Waals surface area contributed by atoms with E-state index in [4.69, 9.17) is 14.2 Å². The summed E-state index contributed by atoms with van der Waals surface area (Å²) in [5, 5.41) is 0. The molecule has 0 saturated heterocycles. The molecule has 0 spiro atoms. The summed E-state index contributed by atoms with van der Waals surface area (Å²) in [5.74, 6) is -2.06. The molecule has 3 aromatic rings. The first kappa shape index (κ1) is 20.8. The molecule has 3 aromatic carbocycles. The Balaban J connectivity index is 1.78. The zero-order valence-electron chi connectivity index (χ0n) is 16.4. The second-order valence-corrected chi connectivity index (χ2v) is 6.38. The lowest BCUT2D eigenvalue weighted by atomic mass is 10.0. The molecular weight excluding hydrogens is 384 g/mol. The number of hydrogen-bond donors (Lipinski definition) is 0. The predicted octanol–water partition coefficient (Wildman–Crippen LogP) is 4.19. The number of carbonyl (C=O) groups excluding carboxylic acids is 3. The Labute approximate surface area is 174 Å². The first-order valence-corrected chi connectivity index (χ1v) is 9.23. The van der Waals surface area contributed by atoms with E-state index < -0.39 is 17.9 Å². The van der Waals surface area contributed by atoms with Crippen LogP contribution < -0.4 is 0 Å². The SMILES string of the molecule is COC(=O)c1ccc(C(=O)OCc2ccccc2)cc1C(=O)OCc1ccccc1. The number of carbonyl (C=O) groups is 3. The highest BCUT2D eigenvalue weighted by atomic mass is 16.5. The number of benzene rings is 3. The monoisotopic (exact) mass is 404 g/mol. The van der Waals surface area contributed by atoms with Crippen LogP contribution in [0.15, 0.2) is 78.9 Å². The third-order valence-electron chi connectivity index (χ3n) is 4.31. The van der Waals surface area contributed by atoms with Crippen molar-refractivity contribution in [3.63, 3.8) is 0 Å². The molecule has 0 amide bonds. The minimum absolute atomic E-state index is 0.00942. The highest BCUT2D eigenvalue weighted by Gasteiger charge is 2.22. The van der Waals surface area contributed by atoms with Gasteiger partial charge in [0.1, 0.15) is 13.2 Å². The molecule has 0 aliphatic heterocycles. The Morgan fingerprint density at radius 1 is 0.633 bits per heavy atom. The van der Waals surface area contributed by atoms with Gasteiger partial charge in [-0.15, -0.1) is 0 Å². The third-order valence-corrected chi connectivity index (χ3v) is 4.31. The molecule has 0 aliphatic carbocycles. The van der Waals surface area contributed by atoms with Crippen LogP contribution in [0.25, 0.3) is 0 Å². The molecule has 0 heterocycles. The number of rotatable bonds is 7. The van der Waals surface area contributed by atoms with Crippen molar-refractivity contribution in [2.45, 2.75) is 13.2 Å². The van der Waals surface area contributed by atoms with Gasteiger partial charge in [0.15, 0.2) is 0 Å². The van der Waals surface area contributed by atoms with Crippen LogP contribution in [0.4, 0.5) is 0 Å². The fraction of sp³-hybridized carbons (Fsp3) is 0.125. The Morgan fingerprint density at radius 2 is 1.17 bits per heavy atom. The number of methoxy groups -OCH3 is 1. The maximum absolute atomic E-state index is 12.6. The van der Waals surface area contributed by atoms with Gasteiger partial charge >= 0.3 is 17.9 Å². The van der Waals surface area contributed by atoms with Crippen molar-refractivity contribution >= 4 is 17.9 Å². The smallest absolute Gasteiger partial charge is 0.339 e. The van der Waals surface area contributed by atoms with Gasteiger partial charge in [0.25, 0.3) is 0 Å². The van der Waals surface area contributed by atoms with E-state index in [1.54, 1.807) is 0 Å². The van der Waals surface area contributed by atoms with Crippen LogP contribution in [0.2, 0.25) is 0 Å². The van der Waals surface area contributed by atoms with Gasteiger partial charge in [-0.25, -0.2) is 14.4 Å². The Hall–Kier alpha value is -3.93. The van der Waals surface area contributed by atoms with Gasteiger partial charge in [0, 0.05) is 0 Å². The molecule has 30 heavy (non-hydrogen) atoms. The van der Waals surface area contributed by atoms with E-state index in [0.717, 1.165) is 11.1 Å². The molecule has 0 saturated carbocycles. The Kier molecular flexibility index (Phi) is 6.95. The van der Waals surface area contributed by atoms with Crippen molar-refractivity contribution in [3.05, 3.63) is 107 Å². The van der Waals surface area contributed by atoms with Gasteiger partial charge in [-0.3, -0.25) is 0 Å². The topological polar surface area (TPSA) is 78.9 Å². The van der Waals surface area contributed by atoms with Crippen molar-refractivity contribution in [1.29, 1.82) is 0 Å². The molecule has 152 valence electrons. The molecule has 0 radical (unpaired) electrons. The van der Waals surface area contributed by atoms with Crippen molar-refractivity contribution in [1.82, 2.24) is 0 Å². The van der Waals surface area contributed by atoms with Crippen molar-refractivity contribution in [3.8, 4) is 0 Å². The van der Waals surface area contributed by atoms with Crippen LogP contribution >= 0.6 is 0 Å². The van der Waals surface area contributed by atoms with Crippen molar-refractivity contribution < 1.29 is 28.6 Å². The first-order chi connectivity index (χ1) is 14.6. The molecule has 6 nitrogen and oxygen atoms in total. The summed E-state index contributed by atoms with van der Waals surface area (Å²) < 4.78 is 15.3. The minimum Gasteiger partial charge on any atom is -0.465 e. The van der Waals surface area contributed by atoms with Crippen molar-refractivity contribution in [2.75, 3.05) is 7.11 Å². The van der Waals surface area contributed by atoms with E-state index in [0.29, 0.717) is 0 Å². The van der Waals surface area contributed by atoms with Crippen LogP contribution in [0.1, 0.15) is 42.2 Å². The molecular formula is C24H20O6. The summed E-state index contributed by atoms with van der Waals surface area (Å²) in [6.07, 6.45) is 0. The largest absolute Gasteiger partial charge is 0.465 e. The fourth-order valence-electron chi connectivity index (χ4n) is 2.74. The second-order valence-electron chi connectivity index (χ2n) is 6.38. The molecule has 0 unspecified atom stereocenters. The number of esters is 3. The summed E-state index contributed by atoms with van der Waals surface area (Å²) >= 11 is 0. The van der Waals surface area contributed by atoms with E-state index in [1.165, 1.54) is 25.3 Å². The molecule has 6 heteroatoms. The highest BCUT2D eigenvalue weighted by Crippen LogP contribution is 2.17. The lowest BCUT2D eigenvalue weighted by Gasteiger charge is -2.11. The summed E-state index contributed by atoms with van der Waals surface area (Å²) in [6.45, 7) is 0.120. The van der Waals surface area contributed by atoms with Gasteiger partial charge in [-0.2, -0.15) is 0 Å². The van der Waals surface area contributed by atoms with Gasteiger partial charge in [-0.05, 0) is 29.3 Å². The molecule has 0 atom stereocenters. The third kappa shape index (κ3) is 5.32. The highest BCUT2D eigenvalue weighted by molar-refractivity contribution is 6.05. The lowest BCUT2D eigenvalue weighted by Crippen LogP contribution is -2.15. The standard InChI is InChI=1S/C24H20O6/c1-28-23(26)20-13-12-19(22(25)29-15-17-8-4-2-5-9-17)14-21(20)24(27)30-16-18-10-6-3-7-11-18/h2-14H,15-16H2,1H3. The van der Waals surface area contributed by atoms with E-state index in [-0.39, 0.29) is 29.9 Å². The van der Waals surface area contributed by atoms with E-state index in [1.807, 2.05) is 60.7 Å². The van der Waals surface area contributed by atoms with E-state index in [2.05, 4.69) is 0 Å². The molecule has 0 N–H and O–H groups in total. The molecule has 0 bridgehead atoms. The molecule has 0 aliphatic rings. The van der Waals surface area contributed by atoms with Gasteiger partial charge in [0.05, 0.1) is 23.8 Å². The normalized spacial score (nSPS) is 10.2. The Morgan fingerprint density at radius 3 is 1.70 bits per heavy atom. The summed E-state index contributed by atoms with van der Waals surface area (Å²) in [7, 11) is 1.21. The van der Waals surface area contributed by atoms with Gasteiger partial charge < -0.3 is 14.2 Å². The second kappa shape index (κ2) is 10.0. The summed E-state index contributed by atoms with van der Waals surface area (Å²) in [5.41, 5.74) is 1.70.